The fraction of sp³-hybridized carbons (Fsp3) is 0.304. The first-order chi connectivity index (χ1) is 14.5. The van der Waals surface area contributed by atoms with Crippen LogP contribution in [0.4, 0.5) is 14.5 Å². The Balaban J connectivity index is 1.57. The average molecular weight is 411 g/mol. The number of carbonyl (C=O) groups is 1. The number of benzene rings is 2. The van der Waals surface area contributed by atoms with E-state index < -0.39 is 17.5 Å². The summed E-state index contributed by atoms with van der Waals surface area (Å²) in [5, 5.41) is 0.995. The Bertz CT molecular complexity index is 1150. The molecule has 0 bridgehead atoms. The Hall–Kier alpha value is -3.22. The minimum absolute atomic E-state index is 0.0440. The molecule has 7 heteroatoms. The minimum atomic E-state index is -0.854. The highest BCUT2D eigenvalue weighted by atomic mass is 19.1. The van der Waals surface area contributed by atoms with Gasteiger partial charge in [-0.2, -0.15) is 0 Å². The first kappa shape index (κ1) is 20.1. The molecule has 0 atom stereocenters. The number of rotatable bonds is 4. The third kappa shape index (κ3) is 3.67. The summed E-state index contributed by atoms with van der Waals surface area (Å²) < 4.78 is 28.9. The van der Waals surface area contributed by atoms with Crippen LogP contribution in [-0.2, 0) is 6.54 Å². The van der Waals surface area contributed by atoms with E-state index in [4.69, 9.17) is 0 Å². The van der Waals surface area contributed by atoms with Crippen LogP contribution in [0.2, 0.25) is 0 Å². The summed E-state index contributed by atoms with van der Waals surface area (Å²) >= 11 is 0. The number of fused-ring (bicyclic) bond motifs is 1. The lowest BCUT2D eigenvalue weighted by atomic mass is 10.1. The Morgan fingerprint density at radius 3 is 2.43 bits per heavy atom. The van der Waals surface area contributed by atoms with Gasteiger partial charge < -0.3 is 14.4 Å². The molecule has 30 heavy (non-hydrogen) atoms. The molecule has 0 saturated carbocycles. The smallest absolute Gasteiger partial charge is 0.256 e. The Morgan fingerprint density at radius 2 is 1.73 bits per heavy atom. The second-order valence-electron chi connectivity index (χ2n) is 7.44. The molecule has 1 fully saturated rings. The molecule has 0 spiro atoms. The number of para-hydroxylation sites is 1. The van der Waals surface area contributed by atoms with Crippen molar-refractivity contribution < 1.29 is 13.6 Å². The van der Waals surface area contributed by atoms with Crippen LogP contribution in [0.25, 0.3) is 10.9 Å². The predicted molar refractivity (Wildman–Crippen MR) is 113 cm³/mol. The van der Waals surface area contributed by atoms with Crippen molar-refractivity contribution in [3.63, 3.8) is 0 Å². The lowest BCUT2D eigenvalue weighted by molar-refractivity contribution is 0.0742. The zero-order valence-corrected chi connectivity index (χ0v) is 16.8. The van der Waals surface area contributed by atoms with Crippen LogP contribution < -0.4 is 10.5 Å². The Morgan fingerprint density at radius 1 is 1.00 bits per heavy atom. The molecule has 1 amide bonds. The molecule has 3 aromatic rings. The first-order valence-corrected chi connectivity index (χ1v) is 10.1. The number of aromatic nitrogens is 1. The van der Waals surface area contributed by atoms with E-state index in [1.54, 1.807) is 15.5 Å². The van der Waals surface area contributed by atoms with Gasteiger partial charge in [-0.15, -0.1) is 0 Å². The molecular weight excluding hydrogens is 388 g/mol. The fourth-order valence-corrected chi connectivity index (χ4v) is 4.02. The number of carbonyl (C=O) groups excluding carboxylic acids is 1. The van der Waals surface area contributed by atoms with Gasteiger partial charge >= 0.3 is 0 Å². The largest absolute Gasteiger partial charge is 0.367 e. The van der Waals surface area contributed by atoms with E-state index in [0.29, 0.717) is 32.7 Å². The molecule has 156 valence electrons. The fourth-order valence-electron chi connectivity index (χ4n) is 4.02. The van der Waals surface area contributed by atoms with E-state index in [9.17, 15) is 18.4 Å². The van der Waals surface area contributed by atoms with Crippen molar-refractivity contribution in [1.82, 2.24) is 9.47 Å². The zero-order valence-electron chi connectivity index (χ0n) is 16.8. The van der Waals surface area contributed by atoms with Crippen LogP contribution in [-0.4, -0.2) is 41.6 Å². The summed E-state index contributed by atoms with van der Waals surface area (Å²) in [6.45, 7) is 4.52. The van der Waals surface area contributed by atoms with Crippen LogP contribution >= 0.6 is 0 Å². The van der Waals surface area contributed by atoms with Crippen LogP contribution in [0.1, 0.15) is 23.7 Å². The van der Waals surface area contributed by atoms with Crippen LogP contribution in [0.3, 0.4) is 0 Å². The maximum Gasteiger partial charge on any atom is 0.256 e. The summed E-state index contributed by atoms with van der Waals surface area (Å²) in [4.78, 5) is 29.0. The Labute approximate surface area is 173 Å². The van der Waals surface area contributed by atoms with E-state index in [-0.39, 0.29) is 11.1 Å². The summed E-state index contributed by atoms with van der Waals surface area (Å²) in [5.41, 5.74) is 1.58. The van der Waals surface area contributed by atoms with Crippen LogP contribution in [0, 0.1) is 11.6 Å². The van der Waals surface area contributed by atoms with Gasteiger partial charge in [0, 0.05) is 50.2 Å². The Kier molecular flexibility index (Phi) is 5.53. The number of amides is 1. The molecule has 2 aromatic carbocycles. The number of pyridine rings is 1. The molecule has 5 nitrogen and oxygen atoms in total. The molecule has 0 aliphatic carbocycles. The average Bonchev–Trinajstić information content (AvgIpc) is 2.75. The monoisotopic (exact) mass is 411 g/mol. The predicted octanol–water partition coefficient (Wildman–Crippen LogP) is 3.65. The third-order valence-corrected chi connectivity index (χ3v) is 5.51. The number of hydrogen-bond donors (Lipinski definition) is 0. The topological polar surface area (TPSA) is 45.6 Å². The van der Waals surface area contributed by atoms with Crippen molar-refractivity contribution >= 4 is 22.5 Å². The van der Waals surface area contributed by atoms with Crippen molar-refractivity contribution in [2.45, 2.75) is 19.9 Å². The van der Waals surface area contributed by atoms with E-state index in [2.05, 4.69) is 4.90 Å². The van der Waals surface area contributed by atoms with E-state index >= 15 is 0 Å². The van der Waals surface area contributed by atoms with Crippen LogP contribution in [0.15, 0.2) is 53.3 Å². The maximum absolute atomic E-state index is 14.0. The highest BCUT2D eigenvalue weighted by Gasteiger charge is 2.25. The molecule has 2 heterocycles. The highest BCUT2D eigenvalue weighted by Crippen LogP contribution is 2.26. The van der Waals surface area contributed by atoms with Gasteiger partial charge in [0.2, 0.25) is 0 Å². The zero-order chi connectivity index (χ0) is 21.3. The number of anilines is 1. The van der Waals surface area contributed by atoms with Gasteiger partial charge in [-0.3, -0.25) is 9.59 Å². The quantitative estimate of drug-likeness (QED) is 0.658. The molecule has 1 aromatic heterocycles. The first-order valence-electron chi connectivity index (χ1n) is 10.1. The molecule has 0 unspecified atom stereocenters. The number of hydrogen-bond acceptors (Lipinski definition) is 3. The van der Waals surface area contributed by atoms with Gasteiger partial charge in [-0.05, 0) is 24.6 Å². The van der Waals surface area contributed by atoms with Gasteiger partial charge in [-0.25, -0.2) is 8.78 Å². The molecular formula is C23H23F2N3O2. The van der Waals surface area contributed by atoms with E-state index in [1.807, 2.05) is 31.2 Å². The van der Waals surface area contributed by atoms with Crippen molar-refractivity contribution in [3.05, 3.63) is 76.1 Å². The number of nitrogens with zero attached hydrogens (tertiary/aromatic N) is 3. The van der Waals surface area contributed by atoms with E-state index in [0.717, 1.165) is 35.1 Å². The summed E-state index contributed by atoms with van der Waals surface area (Å²) in [5.74, 6) is -2.01. The second-order valence-corrected chi connectivity index (χ2v) is 7.44. The SMILES string of the molecule is CCCn1c(=O)cc(N2CCN(C(=O)c3ccc(F)cc3F)CC2)c2ccccc21. The van der Waals surface area contributed by atoms with Crippen molar-refractivity contribution in [3.8, 4) is 0 Å². The summed E-state index contributed by atoms with van der Waals surface area (Å²) in [6.07, 6.45) is 0.865. The van der Waals surface area contributed by atoms with Crippen molar-refractivity contribution in [1.29, 1.82) is 0 Å². The van der Waals surface area contributed by atoms with Gasteiger partial charge in [-0.1, -0.05) is 25.1 Å². The number of halogens is 2. The third-order valence-electron chi connectivity index (χ3n) is 5.51. The van der Waals surface area contributed by atoms with Gasteiger partial charge in [0.1, 0.15) is 11.6 Å². The number of piperazine rings is 1. The lowest BCUT2D eigenvalue weighted by Crippen LogP contribution is -2.49. The number of aryl methyl sites for hydroxylation is 1. The maximum atomic E-state index is 14.0. The van der Waals surface area contributed by atoms with Gasteiger partial charge in [0.05, 0.1) is 16.8 Å². The molecule has 0 N–H and O–H groups in total. The van der Waals surface area contributed by atoms with Crippen molar-refractivity contribution in [2.75, 3.05) is 31.1 Å². The standard InChI is InChI=1S/C23H23F2N3O2/c1-2-9-28-20-6-4-3-5-18(20)21(15-22(28)29)26-10-12-27(13-11-26)23(30)17-8-7-16(24)14-19(17)25/h3-8,14-15H,2,9-13H2,1H3. The summed E-state index contributed by atoms with van der Waals surface area (Å²) in [6, 6.07) is 12.5. The van der Waals surface area contributed by atoms with Gasteiger partial charge in [0.25, 0.3) is 11.5 Å². The minimum Gasteiger partial charge on any atom is -0.367 e. The van der Waals surface area contributed by atoms with Crippen LogP contribution in [0.5, 0.6) is 0 Å². The lowest BCUT2D eigenvalue weighted by Gasteiger charge is -2.36. The second kappa shape index (κ2) is 8.26. The molecule has 0 radical (unpaired) electrons. The van der Waals surface area contributed by atoms with Crippen molar-refractivity contribution in [2.24, 2.45) is 0 Å². The molecule has 1 aliphatic rings. The van der Waals surface area contributed by atoms with E-state index in [1.165, 1.54) is 6.07 Å². The normalized spacial score (nSPS) is 14.4. The molecule has 1 aliphatic heterocycles. The highest BCUT2D eigenvalue weighted by molar-refractivity contribution is 5.95. The van der Waals surface area contributed by atoms with Gasteiger partial charge in [0.15, 0.2) is 0 Å². The summed E-state index contributed by atoms with van der Waals surface area (Å²) in [7, 11) is 0. The molecule has 1 saturated heterocycles. The molecule has 4 rings (SSSR count).